The third-order valence-corrected chi connectivity index (χ3v) is 4.32. The Hall–Kier alpha value is -2.07. The van der Waals surface area contributed by atoms with Gasteiger partial charge in [-0.05, 0) is 38.9 Å². The fourth-order valence-corrected chi connectivity index (χ4v) is 2.91. The van der Waals surface area contributed by atoms with Gasteiger partial charge >= 0.3 is 0 Å². The zero-order valence-corrected chi connectivity index (χ0v) is 15.3. The minimum absolute atomic E-state index is 0.00831. The van der Waals surface area contributed by atoms with Gasteiger partial charge in [-0.25, -0.2) is 0 Å². The van der Waals surface area contributed by atoms with Crippen molar-refractivity contribution in [1.29, 1.82) is 0 Å². The number of anilines is 1. The first-order chi connectivity index (χ1) is 11.5. The molecule has 1 aromatic heterocycles. The van der Waals surface area contributed by atoms with E-state index in [0.717, 1.165) is 48.4 Å². The molecule has 24 heavy (non-hydrogen) atoms. The second-order valence-electron chi connectivity index (χ2n) is 6.65. The highest BCUT2D eigenvalue weighted by atomic mass is 16.5. The first-order valence-corrected chi connectivity index (χ1v) is 8.54. The van der Waals surface area contributed by atoms with Crippen molar-refractivity contribution in [2.24, 2.45) is 0 Å². The fraction of sp³-hybridized carbons (Fsp3) is 0.450. The highest BCUT2D eigenvalue weighted by molar-refractivity contribution is 5.91. The van der Waals surface area contributed by atoms with E-state index in [2.05, 4.69) is 48.6 Å². The molecule has 0 aliphatic carbocycles. The van der Waals surface area contributed by atoms with Crippen LogP contribution in [0.3, 0.4) is 0 Å². The first kappa shape index (κ1) is 18.3. The first-order valence-electron chi connectivity index (χ1n) is 8.54. The number of nitrogens with zero attached hydrogens (tertiary/aromatic N) is 2. The van der Waals surface area contributed by atoms with Crippen molar-refractivity contribution in [2.45, 2.75) is 32.7 Å². The van der Waals surface area contributed by atoms with E-state index in [1.54, 1.807) is 7.11 Å². The minimum atomic E-state index is 0.00831. The summed E-state index contributed by atoms with van der Waals surface area (Å²) in [4.78, 5) is 6.97. The molecule has 0 aliphatic rings. The van der Waals surface area contributed by atoms with E-state index in [0.29, 0.717) is 0 Å². The van der Waals surface area contributed by atoms with Gasteiger partial charge in [0.1, 0.15) is 5.75 Å². The van der Waals surface area contributed by atoms with Crippen LogP contribution in [-0.2, 0) is 0 Å². The van der Waals surface area contributed by atoms with Gasteiger partial charge in [0.25, 0.3) is 0 Å². The van der Waals surface area contributed by atoms with Crippen LogP contribution in [0.1, 0.15) is 27.2 Å². The van der Waals surface area contributed by atoms with E-state index in [1.807, 2.05) is 30.5 Å². The summed E-state index contributed by atoms with van der Waals surface area (Å²) < 4.78 is 5.43. The lowest BCUT2D eigenvalue weighted by Crippen LogP contribution is -2.49. The van der Waals surface area contributed by atoms with Gasteiger partial charge in [-0.3, -0.25) is 9.88 Å². The van der Waals surface area contributed by atoms with Crippen molar-refractivity contribution in [2.75, 3.05) is 32.1 Å². The van der Waals surface area contributed by atoms with Crippen molar-refractivity contribution in [1.82, 2.24) is 9.88 Å². The average Bonchev–Trinajstić information content (AvgIpc) is 2.59. The molecule has 0 bridgehead atoms. The largest absolute Gasteiger partial charge is 0.497 e. The highest BCUT2D eigenvalue weighted by Crippen LogP contribution is 2.28. The Morgan fingerprint density at radius 3 is 2.83 bits per heavy atom. The number of methoxy groups -OCH3 is 1. The summed E-state index contributed by atoms with van der Waals surface area (Å²) in [6.45, 7) is 13.4. The predicted octanol–water partition coefficient (Wildman–Crippen LogP) is 4.33. The van der Waals surface area contributed by atoms with Gasteiger partial charge in [-0.2, -0.15) is 0 Å². The molecule has 0 aliphatic heterocycles. The Balaban J connectivity index is 2.24. The monoisotopic (exact) mass is 327 g/mol. The third kappa shape index (κ3) is 4.26. The Labute approximate surface area is 145 Å². The topological polar surface area (TPSA) is 37.4 Å². The van der Waals surface area contributed by atoms with Gasteiger partial charge in [-0.1, -0.05) is 19.1 Å². The molecule has 1 heterocycles. The average molecular weight is 327 g/mol. The van der Waals surface area contributed by atoms with Crippen LogP contribution in [0.4, 0.5) is 5.69 Å². The van der Waals surface area contributed by atoms with E-state index in [1.165, 1.54) is 0 Å². The van der Waals surface area contributed by atoms with Gasteiger partial charge in [0.15, 0.2) is 0 Å². The Morgan fingerprint density at radius 2 is 2.17 bits per heavy atom. The molecular formula is C20H29N3O. The lowest BCUT2D eigenvalue weighted by Gasteiger charge is -2.38. The third-order valence-electron chi connectivity index (χ3n) is 4.32. The summed E-state index contributed by atoms with van der Waals surface area (Å²) in [7, 11) is 1.69. The summed E-state index contributed by atoms with van der Waals surface area (Å²) in [6, 6.07) is 8.04. The van der Waals surface area contributed by atoms with E-state index in [-0.39, 0.29) is 5.54 Å². The normalized spacial score (nSPS) is 11.7. The van der Waals surface area contributed by atoms with Crippen LogP contribution in [0, 0.1) is 0 Å². The highest BCUT2D eigenvalue weighted by Gasteiger charge is 2.25. The number of nitrogens with one attached hydrogen (secondary N) is 1. The number of ether oxygens (including phenoxy) is 1. The molecule has 0 saturated heterocycles. The molecule has 0 atom stereocenters. The maximum Gasteiger partial charge on any atom is 0.121 e. The molecule has 130 valence electrons. The quantitative estimate of drug-likeness (QED) is 0.696. The number of aromatic nitrogens is 1. The van der Waals surface area contributed by atoms with E-state index >= 15 is 0 Å². The van der Waals surface area contributed by atoms with Gasteiger partial charge in [-0.15, -0.1) is 6.58 Å². The number of benzene rings is 1. The number of fused-ring (bicyclic) bond motifs is 1. The Bertz CT molecular complexity index is 682. The summed E-state index contributed by atoms with van der Waals surface area (Å²) in [6.07, 6.45) is 4.92. The zero-order valence-electron chi connectivity index (χ0n) is 15.3. The molecule has 1 N–H and O–H groups in total. The molecule has 0 fully saturated rings. The number of hydrogen-bond donors (Lipinski definition) is 1. The summed E-state index contributed by atoms with van der Waals surface area (Å²) >= 11 is 0. The molecule has 1 aromatic carbocycles. The molecule has 0 radical (unpaired) electrons. The summed E-state index contributed by atoms with van der Waals surface area (Å²) in [5.74, 6) is 0.840. The Morgan fingerprint density at radius 1 is 1.38 bits per heavy atom. The number of pyridine rings is 1. The number of hydrogen-bond acceptors (Lipinski definition) is 4. The zero-order chi connectivity index (χ0) is 17.6. The summed E-state index contributed by atoms with van der Waals surface area (Å²) in [5, 5.41) is 4.66. The molecule has 0 unspecified atom stereocenters. The molecule has 2 aromatic rings. The van der Waals surface area contributed by atoms with E-state index < -0.39 is 0 Å². The van der Waals surface area contributed by atoms with Gasteiger partial charge in [0.05, 0.1) is 18.3 Å². The standard InChI is InChI=1S/C20H29N3O/c1-6-11-23(12-7-2)20(3,4)15-22-18-14-17(24-5)13-16-9-8-10-21-19(16)18/h6,8-10,13-14,22H,1,7,11-12,15H2,2-5H3. The lowest BCUT2D eigenvalue weighted by molar-refractivity contribution is 0.148. The lowest BCUT2D eigenvalue weighted by atomic mass is 10.0. The van der Waals surface area contributed by atoms with Crippen LogP contribution in [0.5, 0.6) is 5.75 Å². The van der Waals surface area contributed by atoms with Crippen molar-refractivity contribution >= 4 is 16.6 Å². The Kier molecular flexibility index (Phi) is 6.21. The maximum atomic E-state index is 5.43. The molecule has 0 amide bonds. The van der Waals surface area contributed by atoms with Crippen LogP contribution >= 0.6 is 0 Å². The fourth-order valence-electron chi connectivity index (χ4n) is 2.91. The minimum Gasteiger partial charge on any atom is -0.497 e. The number of rotatable bonds is 9. The second-order valence-corrected chi connectivity index (χ2v) is 6.65. The van der Waals surface area contributed by atoms with E-state index in [9.17, 15) is 0 Å². The molecule has 0 spiro atoms. The van der Waals surface area contributed by atoms with Crippen LogP contribution in [0.25, 0.3) is 10.9 Å². The molecular weight excluding hydrogens is 298 g/mol. The van der Waals surface area contributed by atoms with Crippen molar-refractivity contribution in [3.8, 4) is 5.75 Å². The second kappa shape index (κ2) is 8.15. The van der Waals surface area contributed by atoms with Crippen LogP contribution < -0.4 is 10.1 Å². The van der Waals surface area contributed by atoms with Crippen molar-refractivity contribution < 1.29 is 4.74 Å². The van der Waals surface area contributed by atoms with Crippen molar-refractivity contribution in [3.63, 3.8) is 0 Å². The molecule has 2 rings (SSSR count). The van der Waals surface area contributed by atoms with E-state index in [4.69, 9.17) is 4.74 Å². The van der Waals surface area contributed by atoms with Crippen LogP contribution in [0.2, 0.25) is 0 Å². The summed E-state index contributed by atoms with van der Waals surface area (Å²) in [5.41, 5.74) is 1.99. The van der Waals surface area contributed by atoms with Crippen LogP contribution in [0.15, 0.2) is 43.1 Å². The molecule has 4 nitrogen and oxygen atoms in total. The predicted molar refractivity (Wildman–Crippen MR) is 103 cm³/mol. The molecule has 4 heteroatoms. The maximum absolute atomic E-state index is 5.43. The smallest absolute Gasteiger partial charge is 0.121 e. The van der Waals surface area contributed by atoms with Crippen LogP contribution in [-0.4, -0.2) is 42.2 Å². The van der Waals surface area contributed by atoms with Crippen molar-refractivity contribution in [3.05, 3.63) is 43.1 Å². The van der Waals surface area contributed by atoms with Gasteiger partial charge in [0.2, 0.25) is 0 Å². The molecule has 0 saturated carbocycles. The SMILES string of the molecule is C=CCN(CCC)C(C)(C)CNc1cc(OC)cc2cccnc12. The van der Waals surface area contributed by atoms with Gasteiger partial charge < -0.3 is 10.1 Å². The van der Waals surface area contributed by atoms with Gasteiger partial charge in [0, 0.05) is 36.3 Å².